The van der Waals surface area contributed by atoms with Gasteiger partial charge >= 0.3 is 11.9 Å². The fourth-order valence-electron chi connectivity index (χ4n) is 2.77. The number of esters is 2. The first kappa shape index (κ1) is 22.4. The number of anilines is 2. The van der Waals surface area contributed by atoms with Gasteiger partial charge in [0.05, 0.1) is 23.3 Å². The molecular weight excluding hydrogens is 420 g/mol. The number of thiocarbonyl (C=S) groups is 1. The van der Waals surface area contributed by atoms with Crippen molar-refractivity contribution < 1.29 is 28.5 Å². The molecule has 2 aromatic carbocycles. The molecule has 31 heavy (non-hydrogen) atoms. The van der Waals surface area contributed by atoms with Crippen molar-refractivity contribution in [2.45, 2.75) is 39.9 Å². The molecule has 1 aliphatic rings. The third kappa shape index (κ3) is 6.08. The highest BCUT2D eigenvalue weighted by molar-refractivity contribution is 7.80. The van der Waals surface area contributed by atoms with Crippen molar-refractivity contribution >= 4 is 40.6 Å². The fraction of sp³-hybridized carbons (Fsp3) is 0.318. The van der Waals surface area contributed by atoms with Crippen molar-refractivity contribution in [3.05, 3.63) is 47.5 Å². The Kier molecular flexibility index (Phi) is 6.96. The lowest BCUT2D eigenvalue weighted by Crippen LogP contribution is -2.20. The lowest BCUT2D eigenvalue weighted by atomic mass is 10.1. The number of carbonyl (C=O) groups excluding carboxylic acids is 2. The third-order valence-electron chi connectivity index (χ3n) is 3.98. The van der Waals surface area contributed by atoms with Crippen LogP contribution in [-0.2, 0) is 9.47 Å². The highest BCUT2D eigenvalue weighted by Gasteiger charge is 2.18. The maximum atomic E-state index is 12.4. The molecule has 164 valence electrons. The molecule has 0 saturated carbocycles. The van der Waals surface area contributed by atoms with Gasteiger partial charge in [-0.05, 0) is 70.2 Å². The zero-order valence-corrected chi connectivity index (χ0v) is 18.5. The van der Waals surface area contributed by atoms with Crippen LogP contribution in [0.5, 0.6) is 11.5 Å². The predicted octanol–water partition coefficient (Wildman–Crippen LogP) is 4.35. The first-order valence-corrected chi connectivity index (χ1v) is 10.2. The van der Waals surface area contributed by atoms with Crippen LogP contribution in [-0.4, -0.2) is 36.1 Å². The highest BCUT2D eigenvalue weighted by atomic mass is 32.1. The van der Waals surface area contributed by atoms with Crippen LogP contribution < -0.4 is 20.1 Å². The number of rotatable bonds is 6. The van der Waals surface area contributed by atoms with Crippen LogP contribution in [0.3, 0.4) is 0 Å². The minimum absolute atomic E-state index is 0.177. The van der Waals surface area contributed by atoms with Gasteiger partial charge in [0.1, 0.15) is 0 Å². The summed E-state index contributed by atoms with van der Waals surface area (Å²) in [6.45, 7) is 7.17. The van der Waals surface area contributed by atoms with Gasteiger partial charge in [0.15, 0.2) is 16.6 Å². The van der Waals surface area contributed by atoms with Gasteiger partial charge in [-0.1, -0.05) is 0 Å². The Balaban J connectivity index is 1.80. The second-order valence-electron chi connectivity index (χ2n) is 7.35. The van der Waals surface area contributed by atoms with E-state index in [9.17, 15) is 9.59 Å². The van der Waals surface area contributed by atoms with E-state index in [1.54, 1.807) is 58.0 Å². The summed E-state index contributed by atoms with van der Waals surface area (Å²) in [6.07, 6.45) is -0.604. The Morgan fingerprint density at radius 3 is 1.97 bits per heavy atom. The fourth-order valence-corrected chi connectivity index (χ4v) is 3.00. The number of ether oxygens (including phenoxy) is 4. The van der Waals surface area contributed by atoms with E-state index in [0.717, 1.165) is 0 Å². The molecule has 0 amide bonds. The monoisotopic (exact) mass is 444 g/mol. The molecule has 3 rings (SSSR count). The average Bonchev–Trinajstić information content (AvgIpc) is 3.14. The van der Waals surface area contributed by atoms with Gasteiger partial charge < -0.3 is 29.6 Å². The molecule has 0 aliphatic carbocycles. The maximum Gasteiger partial charge on any atom is 0.338 e. The first-order chi connectivity index (χ1) is 14.7. The molecule has 0 unspecified atom stereocenters. The van der Waals surface area contributed by atoms with E-state index in [-0.39, 0.29) is 35.2 Å². The highest BCUT2D eigenvalue weighted by Crippen LogP contribution is 2.34. The number of hydrogen-bond donors (Lipinski definition) is 2. The molecule has 9 heteroatoms. The van der Waals surface area contributed by atoms with Crippen LogP contribution in [0, 0.1) is 0 Å². The summed E-state index contributed by atoms with van der Waals surface area (Å²) in [6, 6.07) is 9.89. The molecule has 0 aromatic heterocycles. The molecule has 0 atom stereocenters. The van der Waals surface area contributed by atoms with E-state index >= 15 is 0 Å². The van der Waals surface area contributed by atoms with Gasteiger partial charge in [-0.2, -0.15) is 0 Å². The van der Waals surface area contributed by atoms with E-state index in [2.05, 4.69) is 10.6 Å². The number of fused-ring (bicyclic) bond motifs is 1. The lowest BCUT2D eigenvalue weighted by molar-refractivity contribution is 0.0377. The molecule has 0 saturated heterocycles. The van der Waals surface area contributed by atoms with Crippen molar-refractivity contribution in [1.29, 1.82) is 0 Å². The SMILES string of the molecule is CC(C)OC(=O)c1cc(NC(=S)Nc2ccc3c(c2)OCO3)cc(C(=O)OC(C)C)c1. The van der Waals surface area contributed by atoms with Crippen molar-refractivity contribution in [3.8, 4) is 11.5 Å². The summed E-state index contributed by atoms with van der Waals surface area (Å²) in [4.78, 5) is 24.8. The van der Waals surface area contributed by atoms with Crippen molar-refractivity contribution in [2.24, 2.45) is 0 Å². The molecule has 0 spiro atoms. The molecule has 0 radical (unpaired) electrons. The predicted molar refractivity (Wildman–Crippen MR) is 120 cm³/mol. The van der Waals surface area contributed by atoms with Crippen LogP contribution in [0.15, 0.2) is 36.4 Å². The number of carbonyl (C=O) groups is 2. The van der Waals surface area contributed by atoms with Crippen molar-refractivity contribution in [1.82, 2.24) is 0 Å². The van der Waals surface area contributed by atoms with E-state index in [1.165, 1.54) is 6.07 Å². The van der Waals surface area contributed by atoms with E-state index in [1.807, 2.05) is 0 Å². The summed E-state index contributed by atoms with van der Waals surface area (Å²) in [5.41, 5.74) is 1.55. The zero-order valence-electron chi connectivity index (χ0n) is 17.7. The van der Waals surface area contributed by atoms with Crippen molar-refractivity contribution in [3.63, 3.8) is 0 Å². The standard InChI is InChI=1S/C22H24N2O6S/c1-12(2)29-20(25)14-7-15(21(26)30-13(3)4)9-17(8-14)24-22(31)23-16-5-6-18-19(10-16)28-11-27-18/h5-10,12-13H,11H2,1-4H3,(H2,23,24,31). The normalized spacial score (nSPS) is 11.9. The quantitative estimate of drug-likeness (QED) is 0.498. The maximum absolute atomic E-state index is 12.4. The van der Waals surface area contributed by atoms with Crippen LogP contribution in [0.2, 0.25) is 0 Å². The van der Waals surface area contributed by atoms with Gasteiger partial charge in [-0.3, -0.25) is 0 Å². The Morgan fingerprint density at radius 1 is 0.839 bits per heavy atom. The molecule has 0 bridgehead atoms. The van der Waals surface area contributed by atoms with E-state index in [0.29, 0.717) is 22.9 Å². The minimum Gasteiger partial charge on any atom is -0.459 e. The molecule has 0 fully saturated rings. The summed E-state index contributed by atoms with van der Waals surface area (Å²) >= 11 is 5.38. The summed E-state index contributed by atoms with van der Waals surface area (Å²) in [5, 5.41) is 6.28. The summed E-state index contributed by atoms with van der Waals surface area (Å²) in [7, 11) is 0. The van der Waals surface area contributed by atoms with Crippen molar-refractivity contribution in [2.75, 3.05) is 17.4 Å². The lowest BCUT2D eigenvalue weighted by Gasteiger charge is -2.15. The average molecular weight is 445 g/mol. The number of benzene rings is 2. The molecule has 1 heterocycles. The smallest absolute Gasteiger partial charge is 0.338 e. The Hall–Kier alpha value is -3.33. The third-order valence-corrected chi connectivity index (χ3v) is 4.18. The molecule has 2 N–H and O–H groups in total. The topological polar surface area (TPSA) is 95.1 Å². The molecule has 8 nitrogen and oxygen atoms in total. The zero-order chi connectivity index (χ0) is 22.5. The second-order valence-corrected chi connectivity index (χ2v) is 7.76. The minimum atomic E-state index is -0.549. The van der Waals surface area contributed by atoms with Gasteiger partial charge in [-0.25, -0.2) is 9.59 Å². The summed E-state index contributed by atoms with van der Waals surface area (Å²) < 4.78 is 21.2. The summed E-state index contributed by atoms with van der Waals surface area (Å²) in [5.74, 6) is 0.179. The number of hydrogen-bond acceptors (Lipinski definition) is 7. The van der Waals surface area contributed by atoms with Crippen LogP contribution in [0.4, 0.5) is 11.4 Å². The van der Waals surface area contributed by atoms with Crippen LogP contribution >= 0.6 is 12.2 Å². The van der Waals surface area contributed by atoms with E-state index in [4.69, 9.17) is 31.2 Å². The molecule has 2 aromatic rings. The Morgan fingerprint density at radius 2 is 1.39 bits per heavy atom. The number of nitrogens with one attached hydrogen (secondary N) is 2. The van der Waals surface area contributed by atoms with Gasteiger partial charge in [0.25, 0.3) is 0 Å². The largest absolute Gasteiger partial charge is 0.459 e. The Labute approximate surface area is 185 Å². The first-order valence-electron chi connectivity index (χ1n) is 9.76. The van der Waals surface area contributed by atoms with Gasteiger partial charge in [-0.15, -0.1) is 0 Å². The molecule has 1 aliphatic heterocycles. The van der Waals surface area contributed by atoms with Gasteiger partial charge in [0, 0.05) is 17.4 Å². The second kappa shape index (κ2) is 9.65. The van der Waals surface area contributed by atoms with E-state index < -0.39 is 11.9 Å². The molecular formula is C22H24N2O6S. The Bertz CT molecular complexity index is 965. The van der Waals surface area contributed by atoms with Crippen LogP contribution in [0.25, 0.3) is 0 Å². The van der Waals surface area contributed by atoms with Gasteiger partial charge in [0.2, 0.25) is 6.79 Å². The van der Waals surface area contributed by atoms with Crippen LogP contribution in [0.1, 0.15) is 48.4 Å².